The lowest BCUT2D eigenvalue weighted by atomic mass is 9.84. The van der Waals surface area contributed by atoms with E-state index >= 15 is 0 Å². The van der Waals surface area contributed by atoms with Crippen LogP contribution < -0.4 is 0 Å². The van der Waals surface area contributed by atoms with E-state index in [9.17, 15) is 18.0 Å². The van der Waals surface area contributed by atoms with E-state index in [2.05, 4.69) is 15.9 Å². The van der Waals surface area contributed by atoms with Crippen LogP contribution in [0.1, 0.15) is 29.8 Å². The Morgan fingerprint density at radius 2 is 1.89 bits per heavy atom. The van der Waals surface area contributed by atoms with Gasteiger partial charge in [-0.15, -0.1) is 11.6 Å². The van der Waals surface area contributed by atoms with Crippen LogP contribution in [0.15, 0.2) is 22.7 Å². The van der Waals surface area contributed by atoms with E-state index < -0.39 is 22.9 Å². The summed E-state index contributed by atoms with van der Waals surface area (Å²) in [5.74, 6) is -0.656. The maximum atomic E-state index is 12.9. The Hall–Kier alpha value is -0.550. The number of carbonyl (C=O) groups is 1. The lowest BCUT2D eigenvalue weighted by Gasteiger charge is -2.22. The van der Waals surface area contributed by atoms with Crippen molar-refractivity contribution in [3.8, 4) is 0 Å². The second-order valence-corrected chi connectivity index (χ2v) is 5.72. The van der Waals surface area contributed by atoms with E-state index in [1.807, 2.05) is 0 Å². The molecule has 0 radical (unpaired) electrons. The molecule has 100 valence electrons. The molecule has 0 heterocycles. The topological polar surface area (TPSA) is 17.1 Å². The van der Waals surface area contributed by atoms with E-state index in [0.717, 1.165) is 6.07 Å². The van der Waals surface area contributed by atoms with Crippen LogP contribution in [0.2, 0.25) is 0 Å². The summed E-state index contributed by atoms with van der Waals surface area (Å²) in [7, 11) is 0. The predicted molar refractivity (Wildman–Crippen MR) is 68.0 cm³/mol. The average molecular weight is 344 g/mol. The van der Waals surface area contributed by atoms with Crippen LogP contribution >= 0.6 is 27.5 Å². The van der Waals surface area contributed by atoms with Crippen molar-refractivity contribution in [1.29, 1.82) is 0 Å². The highest BCUT2D eigenvalue weighted by molar-refractivity contribution is 9.10. The predicted octanol–water partition coefficient (Wildman–Crippen LogP) is 4.92. The smallest absolute Gasteiger partial charge is 0.294 e. The zero-order chi connectivity index (χ0) is 14.1. The lowest BCUT2D eigenvalue weighted by Crippen LogP contribution is -2.28. The van der Waals surface area contributed by atoms with Crippen molar-refractivity contribution in [3.05, 3.63) is 33.8 Å². The molecule has 0 aromatic heterocycles. The van der Waals surface area contributed by atoms with Gasteiger partial charge in [0.1, 0.15) is 0 Å². The van der Waals surface area contributed by atoms with Crippen molar-refractivity contribution in [2.45, 2.75) is 20.0 Å². The molecule has 0 atom stereocenters. The summed E-state index contributed by atoms with van der Waals surface area (Å²) >= 11 is 8.59. The number of ketones is 1. The van der Waals surface area contributed by atoms with E-state index in [1.165, 1.54) is 26.0 Å². The first-order valence-corrected chi connectivity index (χ1v) is 6.40. The summed E-state index contributed by atoms with van der Waals surface area (Å²) in [6.07, 6.45) is -4.57. The Morgan fingerprint density at radius 3 is 2.33 bits per heavy atom. The van der Waals surface area contributed by atoms with Gasteiger partial charge in [0.2, 0.25) is 0 Å². The molecule has 1 aromatic carbocycles. The van der Waals surface area contributed by atoms with Crippen molar-refractivity contribution in [2.24, 2.45) is 5.41 Å². The summed E-state index contributed by atoms with van der Waals surface area (Å²) in [6.45, 7) is 3.04. The molecule has 0 bridgehead atoms. The molecule has 6 heteroatoms. The number of hydrogen-bond acceptors (Lipinski definition) is 1. The average Bonchev–Trinajstić information content (AvgIpc) is 2.27. The van der Waals surface area contributed by atoms with Gasteiger partial charge in [0, 0.05) is 21.3 Å². The minimum atomic E-state index is -4.57. The van der Waals surface area contributed by atoms with Gasteiger partial charge in [0.05, 0.1) is 5.56 Å². The Labute approximate surface area is 116 Å². The minimum absolute atomic E-state index is 0.0425. The molecule has 0 saturated carbocycles. The summed E-state index contributed by atoms with van der Waals surface area (Å²) < 4.78 is 38.9. The molecule has 0 aliphatic heterocycles. The summed E-state index contributed by atoms with van der Waals surface area (Å²) in [5, 5.41) is 0. The van der Waals surface area contributed by atoms with Gasteiger partial charge in [-0.1, -0.05) is 29.8 Å². The molecular formula is C12H11BrClF3O. The molecule has 0 saturated heterocycles. The number of halogens is 5. The van der Waals surface area contributed by atoms with Crippen LogP contribution in [-0.2, 0) is 6.18 Å². The molecule has 1 rings (SSSR count). The van der Waals surface area contributed by atoms with E-state index in [1.54, 1.807) is 0 Å². The van der Waals surface area contributed by atoms with Crippen LogP contribution in [0.3, 0.4) is 0 Å². The summed E-state index contributed by atoms with van der Waals surface area (Å²) in [4.78, 5) is 12.1. The van der Waals surface area contributed by atoms with Crippen molar-refractivity contribution in [3.63, 3.8) is 0 Å². The minimum Gasteiger partial charge on any atom is -0.294 e. The number of benzene rings is 1. The first kappa shape index (κ1) is 15.5. The van der Waals surface area contributed by atoms with Crippen molar-refractivity contribution < 1.29 is 18.0 Å². The first-order valence-electron chi connectivity index (χ1n) is 5.07. The molecule has 0 aliphatic rings. The van der Waals surface area contributed by atoms with Crippen LogP contribution in [0.4, 0.5) is 13.2 Å². The molecule has 0 amide bonds. The van der Waals surface area contributed by atoms with E-state index in [4.69, 9.17) is 11.6 Å². The third-order valence-corrected chi connectivity index (χ3v) is 3.64. The maximum Gasteiger partial charge on any atom is 0.417 e. The van der Waals surface area contributed by atoms with Gasteiger partial charge in [0.25, 0.3) is 0 Å². The fraction of sp³-hybridized carbons (Fsp3) is 0.417. The molecule has 1 aromatic rings. The third kappa shape index (κ3) is 3.26. The first-order chi connectivity index (χ1) is 8.09. The Morgan fingerprint density at radius 1 is 1.33 bits per heavy atom. The Bertz CT molecular complexity index is 469. The molecule has 0 unspecified atom stereocenters. The van der Waals surface area contributed by atoms with Gasteiger partial charge in [-0.3, -0.25) is 4.79 Å². The lowest BCUT2D eigenvalue weighted by molar-refractivity contribution is -0.138. The molecule has 0 N–H and O–H groups in total. The van der Waals surface area contributed by atoms with Crippen molar-refractivity contribution in [1.82, 2.24) is 0 Å². The second-order valence-electron chi connectivity index (χ2n) is 4.53. The highest BCUT2D eigenvalue weighted by Gasteiger charge is 2.38. The molecule has 1 nitrogen and oxygen atoms in total. The zero-order valence-electron chi connectivity index (χ0n) is 9.74. The number of Topliss-reactive ketones (excluding diaryl/α,β-unsaturated/α-hetero) is 1. The largest absolute Gasteiger partial charge is 0.417 e. The maximum absolute atomic E-state index is 12.9. The van der Waals surface area contributed by atoms with E-state index in [0.29, 0.717) is 0 Å². The molecule has 18 heavy (non-hydrogen) atoms. The standard InChI is InChI=1S/C12H11BrClF3O/c1-11(2,6-14)10(18)8-4-3-7(13)5-9(8)12(15,16)17/h3-5H,6H2,1-2H3. The van der Waals surface area contributed by atoms with Gasteiger partial charge >= 0.3 is 6.18 Å². The van der Waals surface area contributed by atoms with Crippen LogP contribution in [0.25, 0.3) is 0 Å². The highest BCUT2D eigenvalue weighted by atomic mass is 79.9. The Kier molecular flexibility index (Phi) is 4.49. The zero-order valence-corrected chi connectivity index (χ0v) is 12.1. The molecule has 0 fully saturated rings. The van der Waals surface area contributed by atoms with Gasteiger partial charge in [-0.2, -0.15) is 13.2 Å². The fourth-order valence-corrected chi connectivity index (χ4v) is 1.86. The number of rotatable bonds is 3. The molecular weight excluding hydrogens is 332 g/mol. The summed E-state index contributed by atoms with van der Waals surface area (Å²) in [6, 6.07) is 3.48. The van der Waals surface area contributed by atoms with E-state index in [-0.39, 0.29) is 15.9 Å². The number of carbonyl (C=O) groups excluding carboxylic acids is 1. The third-order valence-electron chi connectivity index (χ3n) is 2.48. The van der Waals surface area contributed by atoms with Gasteiger partial charge < -0.3 is 0 Å². The number of hydrogen-bond donors (Lipinski definition) is 0. The SMILES string of the molecule is CC(C)(CCl)C(=O)c1ccc(Br)cc1C(F)(F)F. The molecule has 0 spiro atoms. The quantitative estimate of drug-likeness (QED) is 0.562. The second kappa shape index (κ2) is 5.21. The van der Waals surface area contributed by atoms with Crippen LogP contribution in [-0.4, -0.2) is 11.7 Å². The van der Waals surface area contributed by atoms with Crippen LogP contribution in [0, 0.1) is 5.41 Å². The Balaban J connectivity index is 3.38. The van der Waals surface area contributed by atoms with Crippen LogP contribution in [0.5, 0.6) is 0 Å². The number of alkyl halides is 4. The highest BCUT2D eigenvalue weighted by Crippen LogP contribution is 2.36. The normalized spacial score (nSPS) is 12.6. The van der Waals surface area contributed by atoms with Crippen molar-refractivity contribution in [2.75, 3.05) is 5.88 Å². The summed E-state index contributed by atoms with van der Waals surface area (Å²) in [5.41, 5.74) is -2.33. The van der Waals surface area contributed by atoms with Gasteiger partial charge in [-0.25, -0.2) is 0 Å². The van der Waals surface area contributed by atoms with Crippen molar-refractivity contribution >= 4 is 33.3 Å². The van der Waals surface area contributed by atoms with Gasteiger partial charge in [-0.05, 0) is 18.2 Å². The molecule has 0 aliphatic carbocycles. The fourth-order valence-electron chi connectivity index (χ4n) is 1.37. The van der Waals surface area contributed by atoms with Gasteiger partial charge in [0.15, 0.2) is 5.78 Å². The monoisotopic (exact) mass is 342 g/mol.